The van der Waals surface area contributed by atoms with Gasteiger partial charge in [-0.25, -0.2) is 4.79 Å². The van der Waals surface area contributed by atoms with Crippen molar-refractivity contribution in [1.29, 1.82) is 5.26 Å². The Morgan fingerprint density at radius 3 is 2.41 bits per heavy atom. The van der Waals surface area contributed by atoms with Crippen LogP contribution in [0.3, 0.4) is 0 Å². The van der Waals surface area contributed by atoms with Gasteiger partial charge in [0, 0.05) is 17.8 Å². The molecular weight excluding hydrogens is 308 g/mol. The summed E-state index contributed by atoms with van der Waals surface area (Å²) in [6.45, 7) is 0. The standard InChI is InChI=1S/C14H9ClN4O3/c15-12-7-11(19(21)22)5-6-13(12)18-14(20)17-10-3-1-9(8-16)2-4-10/h1-7H,(H2,17,18,20). The number of anilines is 2. The van der Waals surface area contributed by atoms with Crippen LogP contribution < -0.4 is 10.6 Å². The van der Waals surface area contributed by atoms with Crippen molar-refractivity contribution in [3.05, 3.63) is 63.2 Å². The number of nitriles is 1. The van der Waals surface area contributed by atoms with Crippen LogP contribution in [0.5, 0.6) is 0 Å². The topological polar surface area (TPSA) is 108 Å². The van der Waals surface area contributed by atoms with E-state index in [-0.39, 0.29) is 16.4 Å². The van der Waals surface area contributed by atoms with E-state index < -0.39 is 11.0 Å². The first-order chi connectivity index (χ1) is 10.5. The number of nitro benzene ring substituents is 1. The van der Waals surface area contributed by atoms with Crippen LogP contribution in [0.1, 0.15) is 5.56 Å². The average Bonchev–Trinajstić information content (AvgIpc) is 2.50. The number of benzene rings is 2. The molecule has 0 atom stereocenters. The number of hydrogen-bond donors (Lipinski definition) is 2. The van der Waals surface area contributed by atoms with Gasteiger partial charge < -0.3 is 10.6 Å². The van der Waals surface area contributed by atoms with Crippen molar-refractivity contribution in [2.24, 2.45) is 0 Å². The number of rotatable bonds is 3. The third kappa shape index (κ3) is 3.71. The Morgan fingerprint density at radius 1 is 1.18 bits per heavy atom. The first-order valence-corrected chi connectivity index (χ1v) is 6.39. The second-order valence-electron chi connectivity index (χ2n) is 4.19. The number of halogens is 1. The Labute approximate surface area is 130 Å². The largest absolute Gasteiger partial charge is 0.323 e. The summed E-state index contributed by atoms with van der Waals surface area (Å²) < 4.78 is 0. The molecule has 0 aliphatic heterocycles. The lowest BCUT2D eigenvalue weighted by molar-refractivity contribution is -0.384. The summed E-state index contributed by atoms with van der Waals surface area (Å²) in [6, 6.07) is 11.4. The summed E-state index contributed by atoms with van der Waals surface area (Å²) in [5.41, 5.74) is 1.06. The molecule has 0 aliphatic carbocycles. The third-order valence-corrected chi connectivity index (χ3v) is 3.00. The van der Waals surface area contributed by atoms with E-state index in [0.29, 0.717) is 11.3 Å². The van der Waals surface area contributed by atoms with Crippen molar-refractivity contribution < 1.29 is 9.72 Å². The number of nitro groups is 1. The van der Waals surface area contributed by atoms with Gasteiger partial charge in [-0.1, -0.05) is 11.6 Å². The highest BCUT2D eigenvalue weighted by Crippen LogP contribution is 2.26. The van der Waals surface area contributed by atoms with Crippen molar-refractivity contribution in [3.8, 4) is 6.07 Å². The molecule has 0 bridgehead atoms. The normalized spacial score (nSPS) is 9.64. The lowest BCUT2D eigenvalue weighted by Gasteiger charge is -2.09. The summed E-state index contributed by atoms with van der Waals surface area (Å²) in [5, 5.41) is 24.4. The van der Waals surface area contributed by atoms with Crippen LogP contribution in [0.15, 0.2) is 42.5 Å². The molecular formula is C14H9ClN4O3. The van der Waals surface area contributed by atoms with Gasteiger partial charge in [-0.05, 0) is 30.3 Å². The van der Waals surface area contributed by atoms with E-state index in [1.807, 2.05) is 6.07 Å². The molecule has 22 heavy (non-hydrogen) atoms. The molecule has 8 heteroatoms. The van der Waals surface area contributed by atoms with Crippen molar-refractivity contribution >= 4 is 34.7 Å². The van der Waals surface area contributed by atoms with E-state index in [2.05, 4.69) is 10.6 Å². The number of nitrogens with one attached hydrogen (secondary N) is 2. The second kappa shape index (κ2) is 6.56. The molecule has 2 aromatic carbocycles. The number of nitrogens with zero attached hydrogens (tertiary/aromatic N) is 2. The van der Waals surface area contributed by atoms with Crippen LogP contribution in [0.4, 0.5) is 21.9 Å². The Morgan fingerprint density at radius 2 is 1.86 bits per heavy atom. The first kappa shape index (κ1) is 15.3. The molecule has 2 rings (SSSR count). The SMILES string of the molecule is N#Cc1ccc(NC(=O)Nc2ccc([N+](=O)[O-])cc2Cl)cc1. The molecule has 2 amide bonds. The molecule has 0 aromatic heterocycles. The van der Waals surface area contributed by atoms with Crippen LogP contribution in [-0.2, 0) is 0 Å². The quantitative estimate of drug-likeness (QED) is 0.663. The highest BCUT2D eigenvalue weighted by molar-refractivity contribution is 6.34. The van der Waals surface area contributed by atoms with Gasteiger partial charge in [-0.2, -0.15) is 5.26 Å². The Hall–Kier alpha value is -3.11. The molecule has 110 valence electrons. The zero-order valence-corrected chi connectivity index (χ0v) is 11.8. The van der Waals surface area contributed by atoms with Crippen molar-refractivity contribution in [1.82, 2.24) is 0 Å². The number of hydrogen-bond acceptors (Lipinski definition) is 4. The van der Waals surface area contributed by atoms with Crippen LogP contribution in [0.2, 0.25) is 5.02 Å². The van der Waals surface area contributed by atoms with E-state index in [1.165, 1.54) is 12.1 Å². The van der Waals surface area contributed by atoms with Crippen molar-refractivity contribution in [3.63, 3.8) is 0 Å². The molecule has 0 saturated heterocycles. The highest BCUT2D eigenvalue weighted by Gasteiger charge is 2.11. The minimum atomic E-state index is -0.577. The Bertz CT molecular complexity index is 769. The summed E-state index contributed by atoms with van der Waals surface area (Å²) >= 11 is 5.88. The fraction of sp³-hybridized carbons (Fsp3) is 0. The zero-order chi connectivity index (χ0) is 16.1. The monoisotopic (exact) mass is 316 g/mol. The van der Waals surface area contributed by atoms with E-state index in [4.69, 9.17) is 16.9 Å². The summed E-state index contributed by atoms with van der Waals surface area (Å²) in [6.07, 6.45) is 0. The van der Waals surface area contributed by atoms with Crippen molar-refractivity contribution in [2.75, 3.05) is 10.6 Å². The smallest absolute Gasteiger partial charge is 0.308 e. The van der Waals surface area contributed by atoms with Gasteiger partial charge in [0.2, 0.25) is 0 Å². The maximum Gasteiger partial charge on any atom is 0.323 e. The Kier molecular flexibility index (Phi) is 4.56. The van der Waals surface area contributed by atoms with Gasteiger partial charge in [0.25, 0.3) is 5.69 Å². The fourth-order valence-corrected chi connectivity index (χ4v) is 1.85. The third-order valence-electron chi connectivity index (χ3n) is 2.68. The number of non-ortho nitro benzene ring substituents is 1. The van der Waals surface area contributed by atoms with Gasteiger partial charge in [0.05, 0.1) is 27.3 Å². The maximum absolute atomic E-state index is 11.8. The zero-order valence-electron chi connectivity index (χ0n) is 11.0. The van der Waals surface area contributed by atoms with Gasteiger partial charge >= 0.3 is 6.03 Å². The summed E-state index contributed by atoms with van der Waals surface area (Å²) in [5.74, 6) is 0. The lowest BCUT2D eigenvalue weighted by Crippen LogP contribution is -2.19. The Balaban J connectivity index is 2.05. The second-order valence-corrected chi connectivity index (χ2v) is 4.60. The highest BCUT2D eigenvalue weighted by atomic mass is 35.5. The number of amides is 2. The molecule has 2 aromatic rings. The van der Waals surface area contributed by atoms with Crippen LogP contribution >= 0.6 is 11.6 Å². The average molecular weight is 317 g/mol. The molecule has 0 radical (unpaired) electrons. The van der Waals surface area contributed by atoms with Crippen molar-refractivity contribution in [2.45, 2.75) is 0 Å². The maximum atomic E-state index is 11.8. The molecule has 0 unspecified atom stereocenters. The summed E-state index contributed by atoms with van der Waals surface area (Å²) in [4.78, 5) is 21.9. The van der Waals surface area contributed by atoms with Gasteiger partial charge in [0.1, 0.15) is 0 Å². The van der Waals surface area contributed by atoms with E-state index in [1.54, 1.807) is 24.3 Å². The molecule has 0 spiro atoms. The molecule has 2 N–H and O–H groups in total. The van der Waals surface area contributed by atoms with Gasteiger partial charge in [-0.15, -0.1) is 0 Å². The van der Waals surface area contributed by atoms with Crippen LogP contribution in [0, 0.1) is 21.4 Å². The predicted octanol–water partition coefficient (Wildman–Crippen LogP) is 3.76. The number of carbonyl (C=O) groups excluding carboxylic acids is 1. The van der Waals surface area contributed by atoms with Crippen LogP contribution in [0.25, 0.3) is 0 Å². The first-order valence-electron chi connectivity index (χ1n) is 6.01. The minimum absolute atomic E-state index is 0.0594. The van der Waals surface area contributed by atoms with E-state index in [9.17, 15) is 14.9 Å². The number of urea groups is 1. The molecule has 0 aliphatic rings. The van der Waals surface area contributed by atoms with E-state index in [0.717, 1.165) is 6.07 Å². The number of carbonyl (C=O) groups is 1. The van der Waals surface area contributed by atoms with Gasteiger partial charge in [0.15, 0.2) is 0 Å². The molecule has 0 fully saturated rings. The molecule has 0 saturated carbocycles. The van der Waals surface area contributed by atoms with E-state index >= 15 is 0 Å². The minimum Gasteiger partial charge on any atom is -0.308 e. The molecule has 7 nitrogen and oxygen atoms in total. The van der Waals surface area contributed by atoms with Gasteiger partial charge in [-0.3, -0.25) is 10.1 Å². The summed E-state index contributed by atoms with van der Waals surface area (Å²) in [7, 11) is 0. The predicted molar refractivity (Wildman–Crippen MR) is 81.9 cm³/mol. The lowest BCUT2D eigenvalue weighted by atomic mass is 10.2. The molecule has 0 heterocycles. The van der Waals surface area contributed by atoms with Crippen LogP contribution in [-0.4, -0.2) is 11.0 Å². The fourth-order valence-electron chi connectivity index (χ4n) is 1.63.